The van der Waals surface area contributed by atoms with Crippen molar-refractivity contribution in [2.75, 3.05) is 40.0 Å². The van der Waals surface area contributed by atoms with E-state index in [1.807, 2.05) is 39.8 Å². The SMILES string of the molecule is C.C.C.C.C.CC[C@H]1OC(=O)C(C)(F)C(=O)[C@H](C)[C@@H](O[C@@H]2OC(C)CC(N(C)C)C2O)[C@](C)(OC)C[C@@H](C)CN[C@H](C)[C@H]2N(CCCCn3cc(-c4cccc(N)n4)nn3)C(=O)O[C@]12C. The van der Waals surface area contributed by atoms with Crippen molar-refractivity contribution in [3.05, 3.63) is 24.4 Å². The van der Waals surface area contributed by atoms with Crippen molar-refractivity contribution < 1.29 is 47.6 Å². The Balaban J connectivity index is 0.00000819. The summed E-state index contributed by atoms with van der Waals surface area (Å²) in [5.41, 5.74) is 1.25. The van der Waals surface area contributed by atoms with Gasteiger partial charge in [0.25, 0.3) is 5.67 Å². The molecule has 3 aliphatic heterocycles. The molecule has 0 radical (unpaired) electrons. The van der Waals surface area contributed by atoms with E-state index in [4.69, 9.17) is 29.4 Å². The third-order valence-electron chi connectivity index (χ3n) is 12.7. The molecule has 5 heterocycles. The standard InChI is InChI=1S/C42H67FN8O9.5CH4/c1-12-31-42(8)34(51(39(55)60-42)19-14-13-18-50-23-29(47-48-50)28-16-15-17-32(44)46-28)27(5)45-22-24(2)21-40(6,56-11)36(26(4)35(53)41(7,43)38(54)58-31)59-37-33(52)30(49(9)10)20-25(3)57-37;;;;;/h15-17,23-27,30-31,33-34,36-37,45,52H,12-14,18-22H2,1-11H3,(H2,44,46);5*1H4/t24-,25?,26+,27-,30?,31-,33?,34-,36-,37+,40-,41?,42-;;;;;/m1...../s1. The van der Waals surface area contributed by atoms with E-state index < -0.39 is 77.3 Å². The number of aliphatic hydroxyl groups excluding tert-OH is 1. The second-order valence-corrected chi connectivity index (χ2v) is 17.8. The number of pyridine rings is 1. The number of carbonyl (C=O) groups excluding carboxylic acids is 3. The van der Waals surface area contributed by atoms with Crippen molar-refractivity contribution in [3.8, 4) is 11.4 Å². The minimum atomic E-state index is -3.14. The van der Waals surface area contributed by atoms with Crippen molar-refractivity contribution in [3.63, 3.8) is 0 Å². The fraction of sp³-hybridized carbons (Fsp3) is 0.787. The first-order chi connectivity index (χ1) is 28.2. The number of likely N-dealkylation sites (N-methyl/N-ethyl adjacent to an activating group) is 1. The number of fused-ring (bicyclic) bond motifs is 1. The van der Waals surface area contributed by atoms with Crippen molar-refractivity contribution in [2.24, 2.45) is 11.8 Å². The first-order valence-corrected chi connectivity index (χ1v) is 21.2. The summed E-state index contributed by atoms with van der Waals surface area (Å²) in [6.07, 6.45) is -1.40. The van der Waals surface area contributed by atoms with E-state index in [0.29, 0.717) is 62.5 Å². The smallest absolute Gasteiger partial charge is 0.410 e. The van der Waals surface area contributed by atoms with E-state index in [-0.39, 0.29) is 61.6 Å². The molecule has 17 nitrogen and oxygen atoms in total. The lowest BCUT2D eigenvalue weighted by Crippen LogP contribution is -2.61. The summed E-state index contributed by atoms with van der Waals surface area (Å²) in [5, 5.41) is 23.5. The van der Waals surface area contributed by atoms with Crippen LogP contribution < -0.4 is 11.1 Å². The molecular formula is C47H87FN8O9. The Morgan fingerprint density at radius 1 is 1.02 bits per heavy atom. The third kappa shape index (κ3) is 13.2. The van der Waals surface area contributed by atoms with E-state index in [1.54, 1.807) is 54.7 Å². The number of alkyl halides is 1. The molecule has 0 saturated carbocycles. The zero-order valence-corrected chi connectivity index (χ0v) is 37.1. The van der Waals surface area contributed by atoms with Gasteiger partial charge in [0.15, 0.2) is 17.7 Å². The highest BCUT2D eigenvalue weighted by Gasteiger charge is 2.60. The minimum Gasteiger partial charge on any atom is -0.455 e. The number of carbonyl (C=O) groups is 3. The molecule has 376 valence electrons. The first kappa shape index (κ1) is 61.2. The average Bonchev–Trinajstić information content (AvgIpc) is 3.77. The molecule has 13 atom stereocenters. The average molecular weight is 927 g/mol. The van der Waals surface area contributed by atoms with Crippen LogP contribution in [0.1, 0.15) is 125 Å². The Kier molecular flexibility index (Phi) is 23.4. The minimum absolute atomic E-state index is 0. The number of hydrogen-bond acceptors (Lipinski definition) is 15. The number of methoxy groups -OCH3 is 1. The molecule has 0 aliphatic carbocycles. The molecule has 18 heteroatoms. The van der Waals surface area contributed by atoms with E-state index in [9.17, 15) is 19.5 Å². The molecule has 2 aromatic rings. The topological polar surface area (TPSA) is 206 Å². The highest BCUT2D eigenvalue weighted by Crippen LogP contribution is 2.41. The van der Waals surface area contributed by atoms with Crippen LogP contribution in [0.25, 0.3) is 11.4 Å². The molecular weight excluding hydrogens is 840 g/mol. The molecule has 0 aromatic carbocycles. The van der Waals surface area contributed by atoms with Crippen LogP contribution in [0, 0.1) is 11.8 Å². The van der Waals surface area contributed by atoms with Gasteiger partial charge in [-0.1, -0.05) is 69.2 Å². The number of halogens is 1. The second-order valence-electron chi connectivity index (χ2n) is 17.8. The summed E-state index contributed by atoms with van der Waals surface area (Å²) in [6, 6.07) is 3.92. The van der Waals surface area contributed by atoms with Crippen molar-refractivity contribution in [1.29, 1.82) is 0 Å². The predicted molar refractivity (Wildman–Crippen MR) is 254 cm³/mol. The molecule has 0 bridgehead atoms. The number of esters is 1. The number of nitrogens with two attached hydrogens (primary N) is 1. The normalized spacial score (nSPS) is 34.4. The van der Waals surface area contributed by atoms with Gasteiger partial charge >= 0.3 is 12.1 Å². The summed E-state index contributed by atoms with van der Waals surface area (Å²) >= 11 is 0. The molecule has 4 unspecified atom stereocenters. The number of nitrogens with one attached hydrogen (secondary N) is 1. The van der Waals surface area contributed by atoms with Crippen LogP contribution in [0.15, 0.2) is 24.4 Å². The molecule has 0 spiro atoms. The number of unbranched alkanes of at least 4 members (excludes halogenated alkanes) is 1. The quantitative estimate of drug-likeness (QED) is 0.118. The van der Waals surface area contributed by atoms with Crippen LogP contribution >= 0.6 is 0 Å². The van der Waals surface area contributed by atoms with E-state index in [0.717, 1.165) is 6.92 Å². The number of nitrogen functional groups attached to an aromatic ring is 1. The summed E-state index contributed by atoms with van der Waals surface area (Å²) < 4.78 is 49.5. The number of aryl methyl sites for hydroxylation is 1. The summed E-state index contributed by atoms with van der Waals surface area (Å²) in [4.78, 5) is 49.9. The molecule has 3 fully saturated rings. The van der Waals surface area contributed by atoms with Crippen molar-refractivity contribution in [2.45, 2.75) is 197 Å². The number of hydrogen-bond donors (Lipinski definition) is 3. The number of amides is 1. The maximum Gasteiger partial charge on any atom is 0.410 e. The molecule has 65 heavy (non-hydrogen) atoms. The lowest BCUT2D eigenvalue weighted by molar-refractivity contribution is -0.295. The largest absolute Gasteiger partial charge is 0.455 e. The van der Waals surface area contributed by atoms with Crippen LogP contribution in [-0.2, 0) is 39.8 Å². The van der Waals surface area contributed by atoms with Gasteiger partial charge < -0.3 is 44.7 Å². The van der Waals surface area contributed by atoms with Gasteiger partial charge in [-0.25, -0.2) is 19.0 Å². The number of ether oxygens (including phenoxy) is 5. The van der Waals surface area contributed by atoms with E-state index in [1.165, 1.54) is 14.0 Å². The highest BCUT2D eigenvalue weighted by atomic mass is 19.1. The Morgan fingerprint density at radius 3 is 2.26 bits per heavy atom. The van der Waals surface area contributed by atoms with Gasteiger partial charge in [-0.05, 0) is 105 Å². The van der Waals surface area contributed by atoms with Crippen molar-refractivity contribution in [1.82, 2.24) is 35.1 Å². The van der Waals surface area contributed by atoms with Crippen LogP contribution in [0.4, 0.5) is 15.0 Å². The lowest BCUT2D eigenvalue weighted by Gasteiger charge is -2.47. The summed E-state index contributed by atoms with van der Waals surface area (Å²) in [5.74, 6) is -3.49. The van der Waals surface area contributed by atoms with Crippen LogP contribution in [-0.4, -0.2) is 153 Å². The summed E-state index contributed by atoms with van der Waals surface area (Å²) in [6.45, 7) is 14.7. The number of aliphatic hydroxyl groups is 1. The van der Waals surface area contributed by atoms with Crippen molar-refractivity contribution >= 4 is 23.7 Å². The van der Waals surface area contributed by atoms with Crippen LogP contribution in [0.2, 0.25) is 0 Å². The van der Waals surface area contributed by atoms with Gasteiger partial charge in [-0.2, -0.15) is 0 Å². The van der Waals surface area contributed by atoms with Crippen LogP contribution in [0.5, 0.6) is 0 Å². The zero-order chi connectivity index (χ0) is 44.3. The maximum atomic E-state index is 17.0. The first-order valence-electron chi connectivity index (χ1n) is 21.2. The second kappa shape index (κ2) is 24.8. The molecule has 5 rings (SSSR count). The van der Waals surface area contributed by atoms with E-state index in [2.05, 4.69) is 20.6 Å². The molecule has 3 saturated heterocycles. The number of aromatic nitrogens is 4. The maximum absolute atomic E-state index is 17.0. The molecule has 1 amide bonds. The van der Waals surface area contributed by atoms with Gasteiger partial charge in [0.05, 0.1) is 35.7 Å². The molecule has 3 aliphatic rings. The van der Waals surface area contributed by atoms with Crippen LogP contribution in [0.3, 0.4) is 0 Å². The Labute approximate surface area is 390 Å². The number of Topliss-reactive ketones (excluding diaryl/α,β-unsaturated/α-hetero) is 1. The predicted octanol–water partition coefficient (Wildman–Crippen LogP) is 6.95. The Hall–Kier alpha value is -3.81. The van der Waals surface area contributed by atoms with Gasteiger partial charge in [0.2, 0.25) is 0 Å². The number of anilines is 1. The highest BCUT2D eigenvalue weighted by molar-refractivity contribution is 6.07. The Bertz CT molecular complexity index is 1800. The van der Waals surface area contributed by atoms with Gasteiger partial charge in [0.1, 0.15) is 23.7 Å². The number of cyclic esters (lactones) is 1. The summed E-state index contributed by atoms with van der Waals surface area (Å²) in [7, 11) is 5.20. The fourth-order valence-electron chi connectivity index (χ4n) is 9.34. The third-order valence-corrected chi connectivity index (χ3v) is 12.7. The van der Waals surface area contributed by atoms with Gasteiger partial charge in [0, 0.05) is 38.2 Å². The molecule has 4 N–H and O–H groups in total. The zero-order valence-electron chi connectivity index (χ0n) is 37.1. The number of rotatable bonds is 11. The van der Waals surface area contributed by atoms with E-state index >= 15 is 4.39 Å². The lowest BCUT2D eigenvalue weighted by atomic mass is 9.78. The van der Waals surface area contributed by atoms with Gasteiger partial charge in [-0.3, -0.25) is 14.4 Å². The monoisotopic (exact) mass is 927 g/mol. The Morgan fingerprint density at radius 2 is 1.66 bits per heavy atom. The number of nitrogens with zero attached hydrogens (tertiary/aromatic N) is 6. The molecule has 2 aromatic heterocycles. The fourth-order valence-corrected chi connectivity index (χ4v) is 9.34. The number of ketones is 1. The van der Waals surface area contributed by atoms with Gasteiger partial charge in [-0.15, -0.1) is 5.10 Å².